The predicted molar refractivity (Wildman–Crippen MR) is 67.9 cm³/mol. The smallest absolute Gasteiger partial charge is 0.118 e. The van der Waals surface area contributed by atoms with Crippen LogP contribution in [0.15, 0.2) is 24.3 Å². The number of nitrogens with zero attached hydrogens (tertiary/aromatic N) is 1. The Hall–Kier alpha value is -1.49. The zero-order chi connectivity index (χ0) is 12.1. The van der Waals surface area contributed by atoms with Crippen LogP contribution in [0.3, 0.4) is 0 Å². The van der Waals surface area contributed by atoms with E-state index in [1.165, 1.54) is 31.2 Å². The largest absolute Gasteiger partial charge is 0.497 e. The molecule has 1 saturated carbocycles. The lowest BCUT2D eigenvalue weighted by Crippen LogP contribution is -2.17. The molecule has 1 aliphatic carbocycles. The molecule has 0 aromatic heterocycles. The first-order chi connectivity index (χ1) is 8.35. The predicted octanol–water partition coefficient (Wildman–Crippen LogP) is 3.88. The van der Waals surface area contributed by atoms with E-state index in [9.17, 15) is 0 Å². The van der Waals surface area contributed by atoms with Crippen LogP contribution in [0.25, 0.3) is 0 Å². The third kappa shape index (κ3) is 2.79. The summed E-state index contributed by atoms with van der Waals surface area (Å²) in [6.45, 7) is 0. The number of hydrogen-bond donors (Lipinski definition) is 0. The van der Waals surface area contributed by atoms with Gasteiger partial charge in [0.25, 0.3) is 0 Å². The summed E-state index contributed by atoms with van der Waals surface area (Å²) in [5.41, 5.74) is 1.37. The maximum atomic E-state index is 8.90. The van der Waals surface area contributed by atoms with Gasteiger partial charge in [0, 0.05) is 6.42 Å². The third-order valence-corrected chi connectivity index (χ3v) is 3.81. The molecule has 1 fully saturated rings. The summed E-state index contributed by atoms with van der Waals surface area (Å²) in [4.78, 5) is 0. The summed E-state index contributed by atoms with van der Waals surface area (Å²) in [7, 11) is 1.69. The molecule has 1 aromatic carbocycles. The van der Waals surface area contributed by atoms with Crippen LogP contribution in [0.5, 0.6) is 5.75 Å². The van der Waals surface area contributed by atoms with Crippen molar-refractivity contribution in [1.82, 2.24) is 0 Å². The molecule has 0 radical (unpaired) electrons. The highest BCUT2D eigenvalue weighted by Crippen LogP contribution is 2.39. The second kappa shape index (κ2) is 5.72. The molecule has 2 nitrogen and oxygen atoms in total. The molecule has 0 amide bonds. The summed E-state index contributed by atoms with van der Waals surface area (Å²) >= 11 is 0. The molecule has 0 aliphatic heterocycles. The standard InChI is InChI=1S/C15H19NO/c1-17-14-8-6-13(7-9-14)15-5-3-2-4-12(15)10-11-16/h6-9,12,15H,2-5,10H2,1H3. The SMILES string of the molecule is COc1ccc(C2CCCCC2CC#N)cc1. The van der Waals surface area contributed by atoms with Crippen LogP contribution in [0.2, 0.25) is 0 Å². The van der Waals surface area contributed by atoms with E-state index < -0.39 is 0 Å². The Balaban J connectivity index is 2.14. The van der Waals surface area contributed by atoms with Gasteiger partial charge in [-0.2, -0.15) is 5.26 Å². The molecular weight excluding hydrogens is 210 g/mol. The Bertz CT molecular complexity index is 390. The molecule has 90 valence electrons. The van der Waals surface area contributed by atoms with Gasteiger partial charge in [0.05, 0.1) is 13.2 Å². The third-order valence-electron chi connectivity index (χ3n) is 3.81. The highest BCUT2D eigenvalue weighted by atomic mass is 16.5. The molecule has 0 spiro atoms. The topological polar surface area (TPSA) is 33.0 Å². The first kappa shape index (κ1) is 12.0. The highest BCUT2D eigenvalue weighted by molar-refractivity contribution is 5.30. The molecule has 0 bridgehead atoms. The fraction of sp³-hybridized carbons (Fsp3) is 0.533. The quantitative estimate of drug-likeness (QED) is 0.788. The van der Waals surface area contributed by atoms with Gasteiger partial charge in [-0.1, -0.05) is 25.0 Å². The summed E-state index contributed by atoms with van der Waals surface area (Å²) in [6.07, 6.45) is 5.68. The van der Waals surface area contributed by atoms with Crippen molar-refractivity contribution < 1.29 is 4.74 Å². The van der Waals surface area contributed by atoms with Gasteiger partial charge in [-0.25, -0.2) is 0 Å². The Morgan fingerprint density at radius 3 is 2.59 bits per heavy atom. The molecular formula is C15H19NO. The van der Waals surface area contributed by atoms with Crippen molar-refractivity contribution in [1.29, 1.82) is 5.26 Å². The van der Waals surface area contributed by atoms with Gasteiger partial charge in [-0.05, 0) is 42.4 Å². The lowest BCUT2D eigenvalue weighted by atomic mass is 9.74. The first-order valence-corrected chi connectivity index (χ1v) is 6.36. The zero-order valence-electron chi connectivity index (χ0n) is 10.4. The molecule has 1 aliphatic rings. The summed E-state index contributed by atoms with van der Waals surface area (Å²) in [5.74, 6) is 2.01. The van der Waals surface area contributed by atoms with E-state index in [1.54, 1.807) is 7.11 Å². The molecule has 1 aromatic rings. The van der Waals surface area contributed by atoms with Gasteiger partial charge in [-0.3, -0.25) is 0 Å². The summed E-state index contributed by atoms with van der Waals surface area (Å²) in [5, 5.41) is 8.90. The normalized spacial score (nSPS) is 24.0. The van der Waals surface area contributed by atoms with Crippen molar-refractivity contribution in [3.8, 4) is 11.8 Å². The summed E-state index contributed by atoms with van der Waals surface area (Å²) in [6, 6.07) is 10.7. The molecule has 2 unspecified atom stereocenters. The number of methoxy groups -OCH3 is 1. The fourth-order valence-corrected chi connectivity index (χ4v) is 2.86. The van der Waals surface area contributed by atoms with Crippen molar-refractivity contribution in [2.75, 3.05) is 7.11 Å². The number of ether oxygens (including phenoxy) is 1. The van der Waals surface area contributed by atoms with Gasteiger partial charge in [-0.15, -0.1) is 0 Å². The molecule has 2 heteroatoms. The van der Waals surface area contributed by atoms with Gasteiger partial charge < -0.3 is 4.74 Å². The average molecular weight is 229 g/mol. The van der Waals surface area contributed by atoms with Crippen LogP contribution < -0.4 is 4.74 Å². The minimum atomic E-state index is 0.544. The molecule has 2 atom stereocenters. The average Bonchev–Trinajstić information content (AvgIpc) is 2.40. The highest BCUT2D eigenvalue weighted by Gasteiger charge is 2.26. The van der Waals surface area contributed by atoms with Crippen molar-refractivity contribution >= 4 is 0 Å². The Labute approximate surface area is 103 Å². The van der Waals surface area contributed by atoms with Crippen LogP contribution in [0.1, 0.15) is 43.6 Å². The van der Waals surface area contributed by atoms with E-state index in [2.05, 4.69) is 18.2 Å². The van der Waals surface area contributed by atoms with Gasteiger partial charge in [0.2, 0.25) is 0 Å². The first-order valence-electron chi connectivity index (χ1n) is 6.36. The molecule has 0 saturated heterocycles. The number of benzene rings is 1. The molecule has 2 rings (SSSR count). The van der Waals surface area contributed by atoms with E-state index in [0.717, 1.165) is 5.75 Å². The zero-order valence-corrected chi connectivity index (χ0v) is 10.4. The fourth-order valence-electron chi connectivity index (χ4n) is 2.86. The minimum Gasteiger partial charge on any atom is -0.497 e. The number of nitriles is 1. The monoisotopic (exact) mass is 229 g/mol. The van der Waals surface area contributed by atoms with Crippen LogP contribution in [0, 0.1) is 17.2 Å². The number of hydrogen-bond acceptors (Lipinski definition) is 2. The summed E-state index contributed by atoms with van der Waals surface area (Å²) < 4.78 is 5.18. The van der Waals surface area contributed by atoms with E-state index in [4.69, 9.17) is 10.00 Å². The Kier molecular flexibility index (Phi) is 4.03. The second-order valence-electron chi connectivity index (χ2n) is 4.79. The maximum absolute atomic E-state index is 8.90. The van der Waals surface area contributed by atoms with Crippen LogP contribution >= 0.6 is 0 Å². The van der Waals surface area contributed by atoms with E-state index in [1.807, 2.05) is 12.1 Å². The molecule has 0 N–H and O–H groups in total. The van der Waals surface area contributed by atoms with Crippen molar-refractivity contribution in [2.45, 2.75) is 38.0 Å². The van der Waals surface area contributed by atoms with Crippen molar-refractivity contribution in [2.24, 2.45) is 5.92 Å². The molecule has 0 heterocycles. The lowest BCUT2D eigenvalue weighted by molar-refractivity contribution is 0.311. The van der Waals surface area contributed by atoms with Gasteiger partial charge in [0.15, 0.2) is 0 Å². The van der Waals surface area contributed by atoms with Crippen LogP contribution in [0.4, 0.5) is 0 Å². The second-order valence-corrected chi connectivity index (χ2v) is 4.79. The van der Waals surface area contributed by atoms with E-state index >= 15 is 0 Å². The van der Waals surface area contributed by atoms with Gasteiger partial charge in [0.1, 0.15) is 5.75 Å². The van der Waals surface area contributed by atoms with Crippen LogP contribution in [-0.2, 0) is 0 Å². The van der Waals surface area contributed by atoms with E-state index in [-0.39, 0.29) is 0 Å². The Morgan fingerprint density at radius 1 is 1.24 bits per heavy atom. The minimum absolute atomic E-state index is 0.544. The van der Waals surface area contributed by atoms with E-state index in [0.29, 0.717) is 18.3 Å². The Morgan fingerprint density at radius 2 is 1.94 bits per heavy atom. The van der Waals surface area contributed by atoms with Gasteiger partial charge >= 0.3 is 0 Å². The number of rotatable bonds is 3. The molecule has 17 heavy (non-hydrogen) atoms. The lowest BCUT2D eigenvalue weighted by Gasteiger charge is -2.30. The van der Waals surface area contributed by atoms with Crippen molar-refractivity contribution in [3.63, 3.8) is 0 Å². The maximum Gasteiger partial charge on any atom is 0.118 e. The van der Waals surface area contributed by atoms with Crippen LogP contribution in [-0.4, -0.2) is 7.11 Å². The van der Waals surface area contributed by atoms with Crippen molar-refractivity contribution in [3.05, 3.63) is 29.8 Å².